The Kier molecular flexibility index (Phi) is 5.25. The van der Waals surface area contributed by atoms with Gasteiger partial charge in [-0.25, -0.2) is 18.4 Å². The molecule has 0 amide bonds. The molecule has 7 nitrogen and oxygen atoms in total. The van der Waals surface area contributed by atoms with Crippen molar-refractivity contribution in [3.05, 3.63) is 66.6 Å². The van der Waals surface area contributed by atoms with Crippen molar-refractivity contribution in [3.63, 3.8) is 0 Å². The number of hydrogen-bond acceptors (Lipinski definition) is 6. The van der Waals surface area contributed by atoms with E-state index in [4.69, 9.17) is 9.51 Å². The van der Waals surface area contributed by atoms with E-state index in [0.717, 1.165) is 28.8 Å². The molecule has 1 aliphatic carbocycles. The quantitative estimate of drug-likeness (QED) is 0.425. The molecule has 0 aliphatic heterocycles. The molecule has 1 aromatic carbocycles. The monoisotopic (exact) mass is 460 g/mol. The van der Waals surface area contributed by atoms with Crippen molar-refractivity contribution in [2.75, 3.05) is 0 Å². The zero-order valence-corrected chi connectivity index (χ0v) is 19.4. The normalized spacial score (nSPS) is 16.5. The van der Waals surface area contributed by atoms with Gasteiger partial charge in [-0.05, 0) is 43.9 Å². The van der Waals surface area contributed by atoms with Crippen molar-refractivity contribution in [2.24, 2.45) is 5.92 Å². The van der Waals surface area contributed by atoms with Crippen LogP contribution in [0.4, 0.5) is 0 Å². The maximum Gasteiger partial charge on any atom is 0.180 e. The highest BCUT2D eigenvalue weighted by atomic mass is 32.2. The second-order valence-corrected chi connectivity index (χ2v) is 11.1. The minimum atomic E-state index is -3.32. The molecule has 0 bridgehead atoms. The van der Waals surface area contributed by atoms with Gasteiger partial charge >= 0.3 is 0 Å². The Bertz CT molecular complexity index is 1490. The maximum absolute atomic E-state index is 12.4. The van der Waals surface area contributed by atoms with Crippen molar-refractivity contribution in [3.8, 4) is 22.6 Å². The molecular weight excluding hydrogens is 436 g/mol. The first-order valence-corrected chi connectivity index (χ1v) is 12.4. The second-order valence-electron chi connectivity index (χ2n) is 8.61. The molecule has 0 saturated heterocycles. The van der Waals surface area contributed by atoms with E-state index in [2.05, 4.69) is 40.3 Å². The first-order valence-electron chi connectivity index (χ1n) is 10.9. The molecule has 1 N–H and O–H groups in total. The topological polar surface area (TPSA) is 102 Å². The van der Waals surface area contributed by atoms with Crippen molar-refractivity contribution < 1.29 is 12.9 Å². The van der Waals surface area contributed by atoms with E-state index < -0.39 is 15.1 Å². The molecule has 3 aromatic heterocycles. The van der Waals surface area contributed by atoms with Gasteiger partial charge in [-0.2, -0.15) is 0 Å². The van der Waals surface area contributed by atoms with Crippen LogP contribution in [-0.4, -0.2) is 33.8 Å². The Morgan fingerprint density at radius 1 is 1.15 bits per heavy atom. The van der Waals surface area contributed by atoms with Crippen molar-refractivity contribution >= 4 is 26.6 Å². The van der Waals surface area contributed by atoms with E-state index in [1.165, 1.54) is 0 Å². The van der Waals surface area contributed by atoms with E-state index in [1.54, 1.807) is 44.3 Å². The van der Waals surface area contributed by atoms with E-state index in [-0.39, 0.29) is 0 Å². The Labute approximate surface area is 192 Å². The number of aromatic amines is 1. The fraction of sp³-hybridized carbons (Fsp3) is 0.240. The molecule has 8 heteroatoms. The number of allylic oxidation sites excluding steroid dienone is 4. The number of sulfone groups is 1. The molecule has 0 saturated carbocycles. The van der Waals surface area contributed by atoms with Crippen LogP contribution in [0.3, 0.4) is 0 Å². The van der Waals surface area contributed by atoms with Crippen LogP contribution in [0.25, 0.3) is 39.3 Å². The summed E-state index contributed by atoms with van der Waals surface area (Å²) in [5.74, 6) is 1.08. The number of fused-ring (bicyclic) bond motifs is 1. The van der Waals surface area contributed by atoms with Gasteiger partial charge in [0.05, 0.1) is 27.6 Å². The maximum atomic E-state index is 12.4. The Balaban J connectivity index is 1.49. The minimum absolute atomic E-state index is 0.299. The lowest BCUT2D eigenvalue weighted by Crippen LogP contribution is -2.13. The third-order valence-corrected chi connectivity index (χ3v) is 8.03. The minimum Gasteiger partial charge on any atom is -0.356 e. The summed E-state index contributed by atoms with van der Waals surface area (Å²) < 4.78 is 30.5. The molecule has 33 heavy (non-hydrogen) atoms. The Hall–Kier alpha value is -3.52. The summed E-state index contributed by atoms with van der Waals surface area (Å²) in [6.07, 6.45) is 10.7. The van der Waals surface area contributed by atoms with Gasteiger partial charge in [-0.3, -0.25) is 0 Å². The molecular formula is C25H24N4O3S. The average Bonchev–Trinajstić information content (AvgIpc) is 3.46. The fourth-order valence-corrected chi connectivity index (χ4v) is 4.95. The molecule has 3 heterocycles. The number of benzene rings is 1. The van der Waals surface area contributed by atoms with Crippen molar-refractivity contribution in [1.82, 2.24) is 20.1 Å². The smallest absolute Gasteiger partial charge is 0.180 e. The van der Waals surface area contributed by atoms with Crippen LogP contribution in [0.1, 0.15) is 32.9 Å². The van der Waals surface area contributed by atoms with Crippen LogP contribution in [0.5, 0.6) is 0 Å². The van der Waals surface area contributed by atoms with Crippen molar-refractivity contribution in [1.29, 1.82) is 0 Å². The number of rotatable bonds is 5. The molecule has 0 fully saturated rings. The molecule has 4 aromatic rings. The molecule has 0 spiro atoms. The third-order valence-electron chi connectivity index (χ3n) is 5.86. The van der Waals surface area contributed by atoms with Crippen LogP contribution < -0.4 is 0 Å². The summed E-state index contributed by atoms with van der Waals surface area (Å²) in [7, 11) is -3.32. The van der Waals surface area contributed by atoms with Crippen LogP contribution in [0, 0.1) is 5.92 Å². The van der Waals surface area contributed by atoms with Crippen LogP contribution in [-0.2, 0) is 9.84 Å². The van der Waals surface area contributed by atoms with Gasteiger partial charge in [0.2, 0.25) is 0 Å². The zero-order valence-electron chi connectivity index (χ0n) is 18.6. The number of aromatic nitrogens is 4. The van der Waals surface area contributed by atoms with Gasteiger partial charge in [-0.1, -0.05) is 42.4 Å². The number of hydrogen-bond donors (Lipinski definition) is 1. The fourth-order valence-electron chi connectivity index (χ4n) is 3.89. The van der Waals surface area contributed by atoms with Crippen LogP contribution in [0.2, 0.25) is 0 Å². The Morgan fingerprint density at radius 2 is 1.94 bits per heavy atom. The zero-order chi connectivity index (χ0) is 23.2. The molecule has 1 aliphatic rings. The molecule has 168 valence electrons. The van der Waals surface area contributed by atoms with Gasteiger partial charge < -0.3 is 9.51 Å². The average molecular weight is 461 g/mol. The molecule has 1 unspecified atom stereocenters. The highest BCUT2D eigenvalue weighted by Gasteiger charge is 2.20. The summed E-state index contributed by atoms with van der Waals surface area (Å²) in [5, 5.41) is 3.79. The molecule has 0 radical (unpaired) electrons. The van der Waals surface area contributed by atoms with Crippen LogP contribution in [0.15, 0.2) is 70.4 Å². The van der Waals surface area contributed by atoms with E-state index in [1.807, 2.05) is 12.3 Å². The molecule has 5 rings (SSSR count). The predicted octanol–water partition coefficient (Wildman–Crippen LogP) is 5.44. The van der Waals surface area contributed by atoms with E-state index in [9.17, 15) is 8.42 Å². The lowest BCUT2D eigenvalue weighted by molar-refractivity contribution is 0.430. The standard InChI is InChI=1S/C25H24N4O3S/c1-15(2)33(30,31)19-9-7-17(8-10-19)22-14-27-25-24(28-22)20(13-26-25)23-12-21(29-32-23)18-6-4-5-16(3)11-18/h4-10,12-16H,11H2,1-3H3,(H,26,27). The van der Waals surface area contributed by atoms with Gasteiger partial charge in [-0.15, -0.1) is 0 Å². The number of H-pyrrole nitrogens is 1. The van der Waals surface area contributed by atoms with E-state index in [0.29, 0.717) is 33.4 Å². The summed E-state index contributed by atoms with van der Waals surface area (Å²) in [6.45, 7) is 5.52. The van der Waals surface area contributed by atoms with Crippen molar-refractivity contribution in [2.45, 2.75) is 37.3 Å². The summed E-state index contributed by atoms with van der Waals surface area (Å²) in [5.41, 5.74) is 5.47. The number of nitrogens with one attached hydrogen (secondary N) is 1. The van der Waals surface area contributed by atoms with Gasteiger partial charge in [0.15, 0.2) is 21.2 Å². The Morgan fingerprint density at radius 3 is 2.67 bits per heavy atom. The second kappa shape index (κ2) is 8.12. The lowest BCUT2D eigenvalue weighted by atomic mass is 9.94. The van der Waals surface area contributed by atoms with E-state index >= 15 is 0 Å². The predicted molar refractivity (Wildman–Crippen MR) is 128 cm³/mol. The SMILES string of the molecule is CC1C=CC=C(c2cc(-c3c[nH]c4ncc(-c5ccc(S(=O)(=O)C(C)C)cc5)nc34)on2)C1. The van der Waals surface area contributed by atoms with Gasteiger partial charge in [0, 0.05) is 17.8 Å². The summed E-state index contributed by atoms with van der Waals surface area (Å²) in [4.78, 5) is 12.7. The third kappa shape index (κ3) is 3.91. The highest BCUT2D eigenvalue weighted by Crippen LogP contribution is 2.33. The summed E-state index contributed by atoms with van der Waals surface area (Å²) >= 11 is 0. The first kappa shape index (κ1) is 21.3. The van der Waals surface area contributed by atoms with Gasteiger partial charge in [0.1, 0.15) is 11.2 Å². The van der Waals surface area contributed by atoms with Gasteiger partial charge in [0.25, 0.3) is 0 Å². The highest BCUT2D eigenvalue weighted by molar-refractivity contribution is 7.92. The first-order chi connectivity index (χ1) is 15.8. The largest absolute Gasteiger partial charge is 0.356 e. The number of nitrogens with zero attached hydrogens (tertiary/aromatic N) is 3. The summed E-state index contributed by atoms with van der Waals surface area (Å²) in [6, 6.07) is 8.68. The molecule has 1 atom stereocenters. The van der Waals surface area contributed by atoms with Crippen LogP contribution >= 0.6 is 0 Å². The lowest BCUT2D eigenvalue weighted by Gasteiger charge is -2.11.